The average Bonchev–Trinajstić information content (AvgIpc) is 2.59. The van der Waals surface area contributed by atoms with E-state index < -0.39 is 0 Å². The Labute approximate surface area is 77.4 Å². The van der Waals surface area contributed by atoms with E-state index in [0.29, 0.717) is 17.3 Å². The molecule has 0 aromatic carbocycles. The van der Waals surface area contributed by atoms with Gasteiger partial charge < -0.3 is 5.73 Å². The lowest BCUT2D eigenvalue weighted by Gasteiger charge is -2.22. The summed E-state index contributed by atoms with van der Waals surface area (Å²) in [6.45, 7) is 2.30. The third-order valence-electron chi connectivity index (χ3n) is 3.59. The maximum absolute atomic E-state index is 5.60. The lowest BCUT2D eigenvalue weighted by Crippen LogP contribution is -2.18. The Kier molecular flexibility index (Phi) is 1.14. The van der Waals surface area contributed by atoms with Crippen molar-refractivity contribution < 1.29 is 0 Å². The van der Waals surface area contributed by atoms with Crippen molar-refractivity contribution in [2.45, 2.75) is 37.5 Å². The van der Waals surface area contributed by atoms with Gasteiger partial charge in [-0.15, -0.1) is 0 Å². The molecule has 2 aliphatic rings. The molecule has 68 valence electrons. The number of aromatic nitrogens is 2. The van der Waals surface area contributed by atoms with Gasteiger partial charge in [-0.2, -0.15) is 0 Å². The van der Waals surface area contributed by atoms with Gasteiger partial charge in [0, 0.05) is 11.6 Å². The molecule has 1 aromatic rings. The highest BCUT2D eigenvalue weighted by Crippen LogP contribution is 2.55. The number of rotatable bonds is 0. The third kappa shape index (κ3) is 0.794. The maximum Gasteiger partial charge on any atom is 0.220 e. The monoisotopic (exact) mass is 175 g/mol. The van der Waals surface area contributed by atoms with Crippen molar-refractivity contribution in [3.8, 4) is 0 Å². The summed E-state index contributed by atoms with van der Waals surface area (Å²) in [5, 5.41) is 0. The summed E-state index contributed by atoms with van der Waals surface area (Å²) in [7, 11) is 0. The number of nitrogens with zero attached hydrogens (tertiary/aromatic N) is 2. The Bertz CT molecular complexity index is 374. The molecule has 3 rings (SSSR count). The van der Waals surface area contributed by atoms with Gasteiger partial charge >= 0.3 is 0 Å². The highest BCUT2D eigenvalue weighted by Gasteiger charge is 2.47. The Balaban J connectivity index is 2.25. The van der Waals surface area contributed by atoms with E-state index in [1.165, 1.54) is 30.5 Å². The second-order valence-corrected chi connectivity index (χ2v) is 4.53. The molecule has 1 aromatic heterocycles. The summed E-state index contributed by atoms with van der Waals surface area (Å²) >= 11 is 0. The van der Waals surface area contributed by atoms with Gasteiger partial charge in [0.25, 0.3) is 0 Å². The molecule has 2 bridgehead atoms. The highest BCUT2D eigenvalue weighted by molar-refractivity contribution is 5.41. The van der Waals surface area contributed by atoms with E-state index in [4.69, 9.17) is 5.73 Å². The van der Waals surface area contributed by atoms with Gasteiger partial charge in [-0.3, -0.25) is 0 Å². The SMILES string of the molecule is C[C@@]12CC[C@H](C1)c1cnc(N)nc12. The molecule has 1 saturated carbocycles. The molecule has 0 aliphatic heterocycles. The van der Waals surface area contributed by atoms with Crippen LogP contribution in [-0.2, 0) is 5.41 Å². The molecule has 2 N–H and O–H groups in total. The number of fused-ring (bicyclic) bond motifs is 5. The number of nitrogens with two attached hydrogens (primary N) is 1. The number of hydrogen-bond donors (Lipinski definition) is 1. The summed E-state index contributed by atoms with van der Waals surface area (Å²) in [6, 6.07) is 0. The van der Waals surface area contributed by atoms with E-state index in [1.807, 2.05) is 6.20 Å². The molecule has 2 atom stereocenters. The first kappa shape index (κ1) is 7.30. The molecule has 1 heterocycles. The van der Waals surface area contributed by atoms with Gasteiger partial charge in [-0.1, -0.05) is 6.92 Å². The van der Waals surface area contributed by atoms with Crippen molar-refractivity contribution in [2.24, 2.45) is 0 Å². The standard InChI is InChI=1S/C10H13N3/c1-10-3-2-6(4-10)7-5-12-9(11)13-8(7)10/h5-6H,2-4H2,1H3,(H2,11,12,13)/t6-,10-/m1/s1. The summed E-state index contributed by atoms with van der Waals surface area (Å²) in [6.07, 6.45) is 5.74. The van der Waals surface area contributed by atoms with Gasteiger partial charge in [-0.25, -0.2) is 9.97 Å². The van der Waals surface area contributed by atoms with Crippen LogP contribution in [0.4, 0.5) is 5.95 Å². The zero-order chi connectivity index (χ0) is 9.05. The third-order valence-corrected chi connectivity index (χ3v) is 3.59. The van der Waals surface area contributed by atoms with Crippen LogP contribution in [0.25, 0.3) is 0 Å². The lowest BCUT2D eigenvalue weighted by atomic mass is 9.85. The Morgan fingerprint density at radius 1 is 1.62 bits per heavy atom. The van der Waals surface area contributed by atoms with E-state index in [-0.39, 0.29) is 0 Å². The van der Waals surface area contributed by atoms with E-state index in [1.54, 1.807) is 0 Å². The predicted octanol–water partition coefficient (Wildman–Crippen LogP) is 1.60. The van der Waals surface area contributed by atoms with E-state index in [0.717, 1.165) is 0 Å². The minimum absolute atomic E-state index is 0.303. The highest BCUT2D eigenvalue weighted by atomic mass is 15.0. The normalized spacial score (nSPS) is 35.0. The zero-order valence-corrected chi connectivity index (χ0v) is 7.75. The molecule has 13 heavy (non-hydrogen) atoms. The smallest absolute Gasteiger partial charge is 0.220 e. The van der Waals surface area contributed by atoms with Crippen molar-refractivity contribution in [3.05, 3.63) is 17.5 Å². The Morgan fingerprint density at radius 2 is 2.46 bits per heavy atom. The van der Waals surface area contributed by atoms with Crippen LogP contribution in [0.15, 0.2) is 6.20 Å². The fraction of sp³-hybridized carbons (Fsp3) is 0.600. The Hall–Kier alpha value is -1.12. The van der Waals surface area contributed by atoms with Gasteiger partial charge in [0.2, 0.25) is 5.95 Å². The van der Waals surface area contributed by atoms with Crippen LogP contribution in [-0.4, -0.2) is 9.97 Å². The van der Waals surface area contributed by atoms with Gasteiger partial charge in [0.05, 0.1) is 5.69 Å². The Morgan fingerprint density at radius 3 is 3.31 bits per heavy atom. The second kappa shape index (κ2) is 2.03. The van der Waals surface area contributed by atoms with Crippen molar-refractivity contribution >= 4 is 5.95 Å². The second-order valence-electron chi connectivity index (χ2n) is 4.53. The first-order valence-electron chi connectivity index (χ1n) is 4.82. The van der Waals surface area contributed by atoms with E-state index >= 15 is 0 Å². The fourth-order valence-corrected chi connectivity index (χ4v) is 2.91. The van der Waals surface area contributed by atoms with Gasteiger partial charge in [0.1, 0.15) is 0 Å². The topological polar surface area (TPSA) is 51.8 Å². The number of hydrogen-bond acceptors (Lipinski definition) is 3. The van der Waals surface area contributed by atoms with Crippen molar-refractivity contribution in [3.63, 3.8) is 0 Å². The van der Waals surface area contributed by atoms with Crippen LogP contribution >= 0.6 is 0 Å². The molecule has 3 nitrogen and oxygen atoms in total. The molecule has 3 heteroatoms. The van der Waals surface area contributed by atoms with Crippen LogP contribution < -0.4 is 5.73 Å². The zero-order valence-electron chi connectivity index (χ0n) is 7.75. The first-order chi connectivity index (χ1) is 6.19. The largest absolute Gasteiger partial charge is 0.368 e. The summed E-state index contributed by atoms with van der Waals surface area (Å²) in [5.41, 5.74) is 8.47. The van der Waals surface area contributed by atoms with Crippen molar-refractivity contribution in [2.75, 3.05) is 5.73 Å². The molecule has 0 unspecified atom stereocenters. The molecule has 0 radical (unpaired) electrons. The van der Waals surface area contributed by atoms with Crippen LogP contribution in [0.1, 0.15) is 43.4 Å². The summed E-state index contributed by atoms with van der Waals surface area (Å²) < 4.78 is 0. The quantitative estimate of drug-likeness (QED) is 0.651. The molecular formula is C10H13N3. The van der Waals surface area contributed by atoms with Crippen molar-refractivity contribution in [1.82, 2.24) is 9.97 Å². The molecule has 0 saturated heterocycles. The fourth-order valence-electron chi connectivity index (χ4n) is 2.91. The maximum atomic E-state index is 5.60. The molecule has 2 aliphatic carbocycles. The lowest BCUT2D eigenvalue weighted by molar-refractivity contribution is 0.490. The van der Waals surface area contributed by atoms with Crippen LogP contribution in [0, 0.1) is 0 Å². The van der Waals surface area contributed by atoms with Crippen LogP contribution in [0.3, 0.4) is 0 Å². The predicted molar refractivity (Wildman–Crippen MR) is 50.4 cm³/mol. The summed E-state index contributed by atoms with van der Waals surface area (Å²) in [4.78, 5) is 8.44. The van der Waals surface area contributed by atoms with Crippen LogP contribution in [0.5, 0.6) is 0 Å². The van der Waals surface area contributed by atoms with Crippen LogP contribution in [0.2, 0.25) is 0 Å². The van der Waals surface area contributed by atoms with Gasteiger partial charge in [0.15, 0.2) is 0 Å². The van der Waals surface area contributed by atoms with E-state index in [2.05, 4.69) is 16.9 Å². The minimum Gasteiger partial charge on any atom is -0.368 e. The van der Waals surface area contributed by atoms with Crippen molar-refractivity contribution in [1.29, 1.82) is 0 Å². The first-order valence-corrected chi connectivity index (χ1v) is 4.82. The number of anilines is 1. The molecule has 0 amide bonds. The summed E-state index contributed by atoms with van der Waals surface area (Å²) in [5.74, 6) is 1.13. The molecule has 1 fully saturated rings. The molecule has 0 spiro atoms. The average molecular weight is 175 g/mol. The van der Waals surface area contributed by atoms with Gasteiger partial charge in [-0.05, 0) is 30.7 Å². The number of nitrogen functional groups attached to an aromatic ring is 1. The van der Waals surface area contributed by atoms with E-state index in [9.17, 15) is 0 Å². The molecular weight excluding hydrogens is 162 g/mol. The minimum atomic E-state index is 0.303.